The Bertz CT molecular complexity index is 602. The van der Waals surface area contributed by atoms with E-state index < -0.39 is 22.2 Å². The van der Waals surface area contributed by atoms with Crippen molar-refractivity contribution in [3.05, 3.63) is 28.2 Å². The Morgan fingerprint density at radius 2 is 2.22 bits per heavy atom. The number of hydrogen-bond acceptors (Lipinski definition) is 3. The predicted octanol–water partition coefficient (Wildman–Crippen LogP) is 0.865. The Morgan fingerprint density at radius 3 is 2.72 bits per heavy atom. The van der Waals surface area contributed by atoms with Crippen molar-refractivity contribution < 1.29 is 18.3 Å². The molecule has 98 valence electrons. The number of rotatable bonds is 2. The maximum Gasteiger partial charge on any atom is 0.323 e. The lowest BCUT2D eigenvalue weighted by atomic mass is 10.2. The molecule has 8 heteroatoms. The number of carboxylic acids is 1. The van der Waals surface area contributed by atoms with Crippen LogP contribution in [0.3, 0.4) is 0 Å². The number of nitrogens with one attached hydrogen (secondary N) is 1. The van der Waals surface area contributed by atoms with Crippen molar-refractivity contribution in [2.75, 3.05) is 10.8 Å². The highest BCUT2D eigenvalue weighted by atomic mass is 79.9. The van der Waals surface area contributed by atoms with Crippen LogP contribution in [0.5, 0.6) is 0 Å². The van der Waals surface area contributed by atoms with Gasteiger partial charge in [0.05, 0.1) is 12.2 Å². The normalized spacial score (nSPS) is 22.1. The number of benzene rings is 1. The molecule has 1 fully saturated rings. The van der Waals surface area contributed by atoms with E-state index in [2.05, 4.69) is 20.7 Å². The fraction of sp³-hybridized carbons (Fsp3) is 0.300. The number of carbonyl (C=O) groups is 1. The van der Waals surface area contributed by atoms with Crippen LogP contribution in [-0.4, -0.2) is 32.1 Å². The van der Waals surface area contributed by atoms with Gasteiger partial charge in [0.15, 0.2) is 0 Å². The molecule has 2 N–H and O–H groups in total. The highest BCUT2D eigenvalue weighted by molar-refractivity contribution is 9.10. The van der Waals surface area contributed by atoms with Gasteiger partial charge in [0, 0.05) is 4.47 Å². The molecule has 1 aliphatic rings. The number of nitrogens with zero attached hydrogens (tertiary/aromatic N) is 1. The van der Waals surface area contributed by atoms with Gasteiger partial charge in [-0.05, 0) is 30.7 Å². The summed E-state index contributed by atoms with van der Waals surface area (Å²) >= 11 is 3.29. The maximum atomic E-state index is 11.9. The number of aryl methyl sites for hydroxylation is 1. The first kappa shape index (κ1) is 13.3. The van der Waals surface area contributed by atoms with E-state index in [0.717, 1.165) is 14.3 Å². The number of carboxylic acid groups (broad SMARTS) is 1. The minimum atomic E-state index is -3.78. The van der Waals surface area contributed by atoms with Gasteiger partial charge in [0.1, 0.15) is 6.04 Å². The lowest BCUT2D eigenvalue weighted by molar-refractivity contribution is -0.138. The van der Waals surface area contributed by atoms with E-state index in [1.807, 2.05) is 0 Å². The fourth-order valence-electron chi connectivity index (χ4n) is 1.80. The van der Waals surface area contributed by atoms with Crippen LogP contribution in [0.2, 0.25) is 0 Å². The van der Waals surface area contributed by atoms with E-state index in [-0.39, 0.29) is 6.54 Å². The summed E-state index contributed by atoms with van der Waals surface area (Å²) in [5.74, 6) is -1.18. The monoisotopic (exact) mass is 334 g/mol. The van der Waals surface area contributed by atoms with Crippen LogP contribution in [0.4, 0.5) is 5.69 Å². The standard InChI is InChI=1S/C10H11BrN2O4S/c1-6-4-7(11)2-3-9(6)13-5-8(10(14)15)12-18(13,16)17/h2-4,8,12H,5H2,1H3,(H,14,15). The van der Waals surface area contributed by atoms with E-state index in [1.54, 1.807) is 25.1 Å². The second-order valence-electron chi connectivity index (χ2n) is 3.98. The van der Waals surface area contributed by atoms with E-state index in [4.69, 9.17) is 5.11 Å². The molecular formula is C10H11BrN2O4S. The van der Waals surface area contributed by atoms with Gasteiger partial charge < -0.3 is 5.11 Å². The van der Waals surface area contributed by atoms with Crippen LogP contribution in [0.25, 0.3) is 0 Å². The quantitative estimate of drug-likeness (QED) is 0.839. The fourth-order valence-corrected chi connectivity index (χ4v) is 3.75. The third kappa shape index (κ3) is 2.36. The van der Waals surface area contributed by atoms with Crippen LogP contribution >= 0.6 is 15.9 Å². The Labute approximate surface area is 113 Å². The Morgan fingerprint density at radius 1 is 1.56 bits per heavy atom. The van der Waals surface area contributed by atoms with Gasteiger partial charge in [-0.15, -0.1) is 0 Å². The van der Waals surface area contributed by atoms with Crippen LogP contribution in [0.1, 0.15) is 5.56 Å². The van der Waals surface area contributed by atoms with Gasteiger partial charge in [-0.25, -0.2) is 0 Å². The molecule has 1 aromatic carbocycles. The van der Waals surface area contributed by atoms with Crippen LogP contribution in [-0.2, 0) is 15.0 Å². The average Bonchev–Trinajstić information content (AvgIpc) is 2.55. The predicted molar refractivity (Wildman–Crippen MR) is 69.7 cm³/mol. The third-order valence-electron chi connectivity index (χ3n) is 2.66. The molecular weight excluding hydrogens is 324 g/mol. The van der Waals surface area contributed by atoms with E-state index in [1.165, 1.54) is 0 Å². The average molecular weight is 335 g/mol. The Hall–Kier alpha value is -1.12. The molecule has 1 aromatic rings. The number of hydrogen-bond donors (Lipinski definition) is 2. The topological polar surface area (TPSA) is 86.7 Å². The summed E-state index contributed by atoms with van der Waals surface area (Å²) in [7, 11) is -3.78. The summed E-state index contributed by atoms with van der Waals surface area (Å²) in [4.78, 5) is 10.8. The summed E-state index contributed by atoms with van der Waals surface area (Å²) in [5.41, 5.74) is 1.23. The molecule has 0 amide bonds. The van der Waals surface area contributed by atoms with Gasteiger partial charge in [0.25, 0.3) is 0 Å². The van der Waals surface area contributed by atoms with Crippen LogP contribution < -0.4 is 9.03 Å². The number of halogens is 1. The number of aliphatic carboxylic acids is 1. The van der Waals surface area contributed by atoms with Crippen molar-refractivity contribution in [1.29, 1.82) is 0 Å². The molecule has 0 saturated carbocycles. The molecule has 6 nitrogen and oxygen atoms in total. The van der Waals surface area contributed by atoms with Crippen molar-refractivity contribution in [3.8, 4) is 0 Å². The molecule has 1 atom stereocenters. The largest absolute Gasteiger partial charge is 0.480 e. The van der Waals surface area contributed by atoms with Gasteiger partial charge in [-0.2, -0.15) is 13.1 Å². The van der Waals surface area contributed by atoms with E-state index in [0.29, 0.717) is 5.69 Å². The first-order valence-corrected chi connectivity index (χ1v) is 7.33. The second kappa shape index (κ2) is 4.52. The molecule has 0 bridgehead atoms. The summed E-state index contributed by atoms with van der Waals surface area (Å²) in [6, 6.07) is 4.02. The highest BCUT2D eigenvalue weighted by Crippen LogP contribution is 2.28. The van der Waals surface area contributed by atoms with Crippen molar-refractivity contribution >= 4 is 37.8 Å². The minimum Gasteiger partial charge on any atom is -0.480 e. The summed E-state index contributed by atoms with van der Waals surface area (Å²) in [6.45, 7) is 1.66. The van der Waals surface area contributed by atoms with Gasteiger partial charge in [-0.1, -0.05) is 15.9 Å². The van der Waals surface area contributed by atoms with Crippen molar-refractivity contribution in [2.45, 2.75) is 13.0 Å². The lowest BCUT2D eigenvalue weighted by Gasteiger charge is -2.18. The van der Waals surface area contributed by atoms with E-state index in [9.17, 15) is 13.2 Å². The second-order valence-corrected chi connectivity index (χ2v) is 6.52. The summed E-state index contributed by atoms with van der Waals surface area (Å²) in [6.07, 6.45) is 0. The molecule has 18 heavy (non-hydrogen) atoms. The van der Waals surface area contributed by atoms with Crippen molar-refractivity contribution in [1.82, 2.24) is 4.72 Å². The zero-order valence-corrected chi connectivity index (χ0v) is 11.8. The third-order valence-corrected chi connectivity index (χ3v) is 4.66. The molecule has 0 aromatic heterocycles. The van der Waals surface area contributed by atoms with Gasteiger partial charge in [-0.3, -0.25) is 9.10 Å². The Kier molecular flexibility index (Phi) is 3.35. The summed E-state index contributed by atoms with van der Waals surface area (Å²) in [5, 5.41) is 8.86. The highest BCUT2D eigenvalue weighted by Gasteiger charge is 2.39. The summed E-state index contributed by atoms with van der Waals surface area (Å²) < 4.78 is 27.7. The maximum absolute atomic E-state index is 11.9. The SMILES string of the molecule is Cc1cc(Br)ccc1N1CC(C(=O)O)NS1(=O)=O. The first-order chi connectivity index (χ1) is 8.31. The van der Waals surface area contributed by atoms with E-state index >= 15 is 0 Å². The molecule has 1 saturated heterocycles. The molecule has 1 aliphatic heterocycles. The lowest BCUT2D eigenvalue weighted by Crippen LogP contribution is -2.34. The van der Waals surface area contributed by atoms with Gasteiger partial charge in [0.2, 0.25) is 0 Å². The van der Waals surface area contributed by atoms with Crippen LogP contribution in [0.15, 0.2) is 22.7 Å². The first-order valence-electron chi connectivity index (χ1n) is 5.10. The number of anilines is 1. The zero-order chi connectivity index (χ0) is 13.5. The Balaban J connectivity index is 2.42. The molecule has 0 spiro atoms. The minimum absolute atomic E-state index is 0.111. The molecule has 0 radical (unpaired) electrons. The molecule has 1 heterocycles. The molecule has 0 aliphatic carbocycles. The van der Waals surface area contributed by atoms with Gasteiger partial charge >= 0.3 is 16.2 Å². The molecule has 2 rings (SSSR count). The van der Waals surface area contributed by atoms with Crippen molar-refractivity contribution in [3.63, 3.8) is 0 Å². The van der Waals surface area contributed by atoms with Crippen LogP contribution in [0, 0.1) is 6.92 Å². The van der Waals surface area contributed by atoms with Crippen molar-refractivity contribution in [2.24, 2.45) is 0 Å². The smallest absolute Gasteiger partial charge is 0.323 e. The molecule has 1 unspecified atom stereocenters. The zero-order valence-electron chi connectivity index (χ0n) is 9.42.